The molecule has 1 N–H and O–H groups in total. The lowest BCUT2D eigenvalue weighted by molar-refractivity contribution is -0.261. The molecule has 4 heteroatoms. The summed E-state index contributed by atoms with van der Waals surface area (Å²) in [5.41, 5.74) is 5.11. The third-order valence-corrected chi connectivity index (χ3v) is 17.5. The maximum Gasteiger partial charge on any atom is 0.335 e. The average molecular weight is 703 g/mol. The van der Waals surface area contributed by atoms with E-state index >= 15 is 0 Å². The predicted molar refractivity (Wildman–Crippen MR) is 210 cm³/mol. The molecule has 0 bridgehead atoms. The first kappa shape index (κ1) is 37.1. The van der Waals surface area contributed by atoms with Crippen LogP contribution in [0.5, 0.6) is 0 Å². The van der Waals surface area contributed by atoms with Gasteiger partial charge in [-0.15, -0.1) is 0 Å². The van der Waals surface area contributed by atoms with Crippen LogP contribution >= 0.6 is 0 Å². The van der Waals surface area contributed by atoms with Gasteiger partial charge >= 0.3 is 5.97 Å². The number of carbonyl (C=O) groups is 3. The lowest BCUT2D eigenvalue weighted by Crippen LogP contribution is -2.69. The maximum absolute atomic E-state index is 14.8. The SMILES string of the molecule is C=C(C)[C@@H]1CC[C@]2(C(=O)CC[C@H](C=O)c3ccccc3)CC[C@@]3(C)[C@]4(C)CC[C@H]5C(C)(C)C(c6ccc(C(=O)O)cc6)=CC[C@]5(C)[C@H]4CC[C@]3(C)[C@@H]12. The molecule has 0 aliphatic heterocycles. The van der Waals surface area contributed by atoms with Gasteiger partial charge in [0.05, 0.1) is 5.56 Å². The number of allylic oxidation sites excluding steroid dienone is 3. The number of Topliss-reactive ketones (excluding diaryl/α,β-unsaturated/α-hetero) is 1. The normalized spacial score (nSPS) is 39.5. The molecule has 0 spiro atoms. The molecule has 4 fully saturated rings. The van der Waals surface area contributed by atoms with Gasteiger partial charge in [-0.25, -0.2) is 4.79 Å². The van der Waals surface area contributed by atoms with Crippen LogP contribution in [0.1, 0.15) is 146 Å². The summed E-state index contributed by atoms with van der Waals surface area (Å²) in [6, 6.07) is 17.5. The van der Waals surface area contributed by atoms with Gasteiger partial charge in [-0.1, -0.05) is 102 Å². The molecule has 0 aromatic heterocycles. The second-order valence-electron chi connectivity index (χ2n) is 19.5. The number of aromatic carboxylic acids is 1. The monoisotopic (exact) mass is 702 g/mol. The molecule has 0 radical (unpaired) electrons. The Morgan fingerprint density at radius 3 is 2.13 bits per heavy atom. The van der Waals surface area contributed by atoms with Crippen LogP contribution in [-0.4, -0.2) is 23.1 Å². The number of aldehydes is 1. The Kier molecular flexibility index (Phi) is 9.02. The number of carboxylic acids is 1. The molecule has 2 aromatic rings. The molecule has 5 aliphatic carbocycles. The summed E-state index contributed by atoms with van der Waals surface area (Å²) in [4.78, 5) is 38.7. The Bertz CT molecular complexity index is 1790. The lowest BCUT2D eigenvalue weighted by atomic mass is 9.29. The fraction of sp³-hybridized carbons (Fsp3) is 0.604. The van der Waals surface area contributed by atoms with Crippen molar-refractivity contribution in [1.29, 1.82) is 0 Å². The molecular weight excluding hydrogens is 641 g/mol. The van der Waals surface area contributed by atoms with Gasteiger partial charge in [0, 0.05) is 17.8 Å². The molecule has 4 nitrogen and oxygen atoms in total. The number of hydrogen-bond acceptors (Lipinski definition) is 3. The first-order valence-corrected chi connectivity index (χ1v) is 20.2. The summed E-state index contributed by atoms with van der Waals surface area (Å²) in [6.07, 6.45) is 14.4. The zero-order valence-corrected chi connectivity index (χ0v) is 32.9. The van der Waals surface area contributed by atoms with Crippen LogP contribution in [0.4, 0.5) is 0 Å². The highest BCUT2D eigenvalue weighted by atomic mass is 16.4. The van der Waals surface area contributed by atoms with E-state index < -0.39 is 5.97 Å². The molecule has 0 unspecified atom stereocenters. The van der Waals surface area contributed by atoms with Gasteiger partial charge in [0.15, 0.2) is 0 Å². The van der Waals surface area contributed by atoms with Crippen molar-refractivity contribution in [2.75, 3.05) is 0 Å². The summed E-state index contributed by atoms with van der Waals surface area (Å²) in [5, 5.41) is 9.51. The molecule has 52 heavy (non-hydrogen) atoms. The summed E-state index contributed by atoms with van der Waals surface area (Å²) in [7, 11) is 0. The first-order valence-electron chi connectivity index (χ1n) is 20.2. The number of benzene rings is 2. The minimum absolute atomic E-state index is 0.00996. The Hall–Kier alpha value is -3.27. The molecular formula is C48H62O4. The highest BCUT2D eigenvalue weighted by Gasteiger charge is 2.75. The van der Waals surface area contributed by atoms with Gasteiger partial charge in [0.2, 0.25) is 0 Å². The average Bonchev–Trinajstić information content (AvgIpc) is 3.53. The van der Waals surface area contributed by atoms with E-state index in [1.54, 1.807) is 12.1 Å². The van der Waals surface area contributed by atoms with E-state index in [0.717, 1.165) is 55.9 Å². The lowest BCUT2D eigenvalue weighted by Gasteiger charge is -2.75. The molecule has 0 amide bonds. The Morgan fingerprint density at radius 1 is 0.846 bits per heavy atom. The van der Waals surface area contributed by atoms with Crippen molar-refractivity contribution >= 4 is 23.6 Å². The topological polar surface area (TPSA) is 71.4 Å². The summed E-state index contributed by atoms with van der Waals surface area (Å²) in [5.74, 6) is 1.01. The fourth-order valence-corrected chi connectivity index (χ4v) is 14.7. The highest BCUT2D eigenvalue weighted by molar-refractivity contribution is 5.88. The van der Waals surface area contributed by atoms with Crippen molar-refractivity contribution in [3.8, 4) is 0 Å². The van der Waals surface area contributed by atoms with Gasteiger partial charge in [0.1, 0.15) is 12.1 Å². The van der Waals surface area contributed by atoms with Crippen LogP contribution in [0.2, 0.25) is 0 Å². The third-order valence-electron chi connectivity index (χ3n) is 17.5. The van der Waals surface area contributed by atoms with Gasteiger partial charge in [0.25, 0.3) is 0 Å². The van der Waals surface area contributed by atoms with Crippen molar-refractivity contribution in [1.82, 2.24) is 0 Å². The summed E-state index contributed by atoms with van der Waals surface area (Å²) in [6.45, 7) is 22.1. The largest absolute Gasteiger partial charge is 0.478 e. The van der Waals surface area contributed by atoms with E-state index in [-0.39, 0.29) is 44.3 Å². The van der Waals surface area contributed by atoms with E-state index in [9.17, 15) is 19.5 Å². The first-order chi connectivity index (χ1) is 24.5. The van der Waals surface area contributed by atoms with Gasteiger partial charge in [-0.05, 0) is 151 Å². The van der Waals surface area contributed by atoms with E-state index in [1.165, 1.54) is 30.4 Å². The summed E-state index contributed by atoms with van der Waals surface area (Å²) < 4.78 is 0. The molecule has 7 rings (SSSR count). The molecule has 0 heterocycles. The van der Waals surface area contributed by atoms with Crippen molar-refractivity contribution in [2.24, 2.45) is 56.2 Å². The number of ketones is 1. The number of carboxylic acid groups (broad SMARTS) is 1. The van der Waals surface area contributed by atoms with Crippen molar-refractivity contribution in [3.63, 3.8) is 0 Å². The van der Waals surface area contributed by atoms with Gasteiger partial charge in [-0.2, -0.15) is 0 Å². The fourth-order valence-electron chi connectivity index (χ4n) is 14.7. The third kappa shape index (κ3) is 5.08. The number of hydrogen-bond donors (Lipinski definition) is 1. The number of rotatable bonds is 9. The minimum Gasteiger partial charge on any atom is -0.478 e. The van der Waals surface area contributed by atoms with Crippen LogP contribution in [0, 0.1) is 56.2 Å². The summed E-state index contributed by atoms with van der Waals surface area (Å²) >= 11 is 0. The molecule has 4 saturated carbocycles. The standard InChI is InChI=1S/C48H62O4/c1-31(2)36-20-27-48(40(50)19-18-35(30-49)32-12-10-9-11-13-32)29-28-47(8)45(6)25-22-38-43(3,4)37(33-14-16-34(17-15-33)42(51)52)21-24-44(38,5)39(45)23-26-46(47,7)41(36)48/h9-17,21,30,35-36,38-39,41H,1,18-20,22-29H2,2-8H3,(H,51,52)/t35-,36+,38+,39-,41-,44+,45-,46-,47+,48-/m1/s1. The van der Waals surface area contributed by atoms with E-state index in [2.05, 4.69) is 61.1 Å². The van der Waals surface area contributed by atoms with Gasteiger partial charge in [-0.3, -0.25) is 4.79 Å². The predicted octanol–water partition coefficient (Wildman–Crippen LogP) is 11.8. The van der Waals surface area contributed by atoms with E-state index in [4.69, 9.17) is 0 Å². The maximum atomic E-state index is 14.8. The van der Waals surface area contributed by atoms with Crippen LogP contribution < -0.4 is 0 Å². The van der Waals surface area contributed by atoms with Crippen LogP contribution in [0.15, 0.2) is 72.8 Å². The zero-order chi connectivity index (χ0) is 37.5. The Morgan fingerprint density at radius 2 is 1.50 bits per heavy atom. The zero-order valence-electron chi connectivity index (χ0n) is 32.9. The molecule has 278 valence electrons. The van der Waals surface area contributed by atoms with Crippen molar-refractivity contribution < 1.29 is 19.5 Å². The van der Waals surface area contributed by atoms with Crippen molar-refractivity contribution in [2.45, 2.75) is 125 Å². The Labute approximate surface area is 312 Å². The van der Waals surface area contributed by atoms with Crippen LogP contribution in [0.3, 0.4) is 0 Å². The van der Waals surface area contributed by atoms with Crippen LogP contribution in [0.25, 0.3) is 5.57 Å². The Balaban J connectivity index is 1.21. The second kappa shape index (κ2) is 12.7. The van der Waals surface area contributed by atoms with Crippen molar-refractivity contribution in [3.05, 3.63) is 89.5 Å². The molecule has 5 aliphatic rings. The molecule has 0 saturated heterocycles. The molecule has 2 aromatic carbocycles. The minimum atomic E-state index is -0.883. The van der Waals surface area contributed by atoms with Crippen LogP contribution in [-0.2, 0) is 9.59 Å². The van der Waals surface area contributed by atoms with E-state index in [0.29, 0.717) is 41.9 Å². The second-order valence-corrected chi connectivity index (χ2v) is 19.5. The smallest absolute Gasteiger partial charge is 0.335 e. The number of carbonyl (C=O) groups excluding carboxylic acids is 2. The highest BCUT2D eigenvalue weighted by Crippen LogP contribution is 2.81. The van der Waals surface area contributed by atoms with Gasteiger partial charge < -0.3 is 9.90 Å². The quantitative estimate of drug-likeness (QED) is 0.209. The van der Waals surface area contributed by atoms with E-state index in [1.807, 2.05) is 42.5 Å². The number of fused-ring (bicyclic) bond motifs is 7. The molecule has 10 atom stereocenters.